The van der Waals surface area contributed by atoms with E-state index in [-0.39, 0.29) is 12.6 Å². The molecule has 0 atom stereocenters. The van der Waals surface area contributed by atoms with E-state index in [1.165, 1.54) is 5.56 Å². The molecule has 1 aromatic carbocycles. The molecule has 1 heterocycles. The van der Waals surface area contributed by atoms with Crippen LogP contribution in [0.1, 0.15) is 11.4 Å². The van der Waals surface area contributed by atoms with Gasteiger partial charge in [0.25, 0.3) is 0 Å². The Balaban J connectivity index is 2.08. The summed E-state index contributed by atoms with van der Waals surface area (Å²) in [7, 11) is 3.69. The van der Waals surface area contributed by atoms with Crippen molar-refractivity contribution in [2.24, 2.45) is 0 Å². The maximum absolute atomic E-state index is 5.64. The molecule has 0 aliphatic carbocycles. The van der Waals surface area contributed by atoms with Gasteiger partial charge in [-0.2, -0.15) is 15.0 Å². The van der Waals surface area contributed by atoms with Crippen molar-refractivity contribution in [3.05, 3.63) is 35.7 Å². The van der Waals surface area contributed by atoms with Crippen molar-refractivity contribution in [3.8, 4) is 5.75 Å². The van der Waals surface area contributed by atoms with E-state index < -0.39 is 0 Å². The van der Waals surface area contributed by atoms with Crippen LogP contribution in [0.2, 0.25) is 0 Å². The molecule has 6 heteroatoms. The van der Waals surface area contributed by atoms with E-state index in [0.29, 0.717) is 11.8 Å². The summed E-state index contributed by atoms with van der Waals surface area (Å²) in [6.45, 7) is 2.29. The summed E-state index contributed by atoms with van der Waals surface area (Å²) in [5.41, 5.74) is 6.83. The molecule has 0 bridgehead atoms. The van der Waals surface area contributed by atoms with Crippen molar-refractivity contribution >= 4 is 11.9 Å². The predicted octanol–water partition coefficient (Wildman–Crippen LogP) is 1.41. The van der Waals surface area contributed by atoms with E-state index in [1.807, 2.05) is 45.3 Å². The van der Waals surface area contributed by atoms with Crippen molar-refractivity contribution in [3.63, 3.8) is 0 Å². The summed E-state index contributed by atoms with van der Waals surface area (Å²) >= 11 is 0. The van der Waals surface area contributed by atoms with Gasteiger partial charge in [0.15, 0.2) is 5.82 Å². The Morgan fingerprint density at radius 1 is 1.11 bits per heavy atom. The zero-order chi connectivity index (χ0) is 13.8. The molecule has 0 spiro atoms. The van der Waals surface area contributed by atoms with Crippen molar-refractivity contribution in [2.45, 2.75) is 13.5 Å². The molecule has 19 heavy (non-hydrogen) atoms. The van der Waals surface area contributed by atoms with Crippen LogP contribution in [0.25, 0.3) is 0 Å². The monoisotopic (exact) mass is 259 g/mol. The SMILES string of the molecule is Cc1ccc(OCc2nc(N)nc(N(C)C)n2)cc1. The van der Waals surface area contributed by atoms with Gasteiger partial charge in [-0.1, -0.05) is 17.7 Å². The van der Waals surface area contributed by atoms with Crippen LogP contribution < -0.4 is 15.4 Å². The predicted molar refractivity (Wildman–Crippen MR) is 74.1 cm³/mol. The second-order valence-corrected chi connectivity index (χ2v) is 4.41. The molecule has 0 fully saturated rings. The molecule has 1 aromatic heterocycles. The number of anilines is 2. The largest absolute Gasteiger partial charge is 0.486 e. The summed E-state index contributed by atoms with van der Waals surface area (Å²) in [4.78, 5) is 14.1. The van der Waals surface area contributed by atoms with Gasteiger partial charge in [-0.15, -0.1) is 0 Å². The van der Waals surface area contributed by atoms with E-state index in [1.54, 1.807) is 4.90 Å². The van der Waals surface area contributed by atoms with Gasteiger partial charge in [-0.25, -0.2) is 0 Å². The first kappa shape index (κ1) is 13.1. The number of ether oxygens (including phenoxy) is 1. The minimum Gasteiger partial charge on any atom is -0.486 e. The quantitative estimate of drug-likeness (QED) is 0.894. The lowest BCUT2D eigenvalue weighted by Gasteiger charge is -2.11. The van der Waals surface area contributed by atoms with Crippen LogP contribution in [0.3, 0.4) is 0 Å². The Bertz CT molecular complexity index is 553. The maximum Gasteiger partial charge on any atom is 0.230 e. The smallest absolute Gasteiger partial charge is 0.230 e. The first-order chi connectivity index (χ1) is 9.04. The molecule has 0 aliphatic rings. The van der Waals surface area contributed by atoms with Gasteiger partial charge in [-0.3, -0.25) is 0 Å². The van der Waals surface area contributed by atoms with E-state index in [0.717, 1.165) is 5.75 Å². The van der Waals surface area contributed by atoms with E-state index in [2.05, 4.69) is 15.0 Å². The van der Waals surface area contributed by atoms with Crippen LogP contribution in [-0.2, 0) is 6.61 Å². The van der Waals surface area contributed by atoms with Crippen LogP contribution in [0.5, 0.6) is 5.75 Å². The molecule has 0 saturated carbocycles. The van der Waals surface area contributed by atoms with Crippen LogP contribution >= 0.6 is 0 Å². The van der Waals surface area contributed by atoms with Crippen molar-refractivity contribution in [2.75, 3.05) is 24.7 Å². The second-order valence-electron chi connectivity index (χ2n) is 4.41. The number of hydrogen-bond acceptors (Lipinski definition) is 6. The molecule has 0 amide bonds. The number of aryl methyl sites for hydroxylation is 1. The molecule has 2 N–H and O–H groups in total. The molecular weight excluding hydrogens is 242 g/mol. The average Bonchev–Trinajstić information content (AvgIpc) is 2.37. The molecule has 2 rings (SSSR count). The van der Waals surface area contributed by atoms with Crippen LogP contribution in [0, 0.1) is 6.92 Å². The molecule has 100 valence electrons. The summed E-state index contributed by atoms with van der Waals surface area (Å²) in [5.74, 6) is 2.00. The minimum absolute atomic E-state index is 0.196. The Labute approximate surface area is 112 Å². The minimum atomic E-state index is 0.196. The Hall–Kier alpha value is -2.37. The zero-order valence-corrected chi connectivity index (χ0v) is 11.3. The lowest BCUT2D eigenvalue weighted by atomic mass is 10.2. The summed E-state index contributed by atoms with van der Waals surface area (Å²) < 4.78 is 5.61. The first-order valence-corrected chi connectivity index (χ1v) is 5.92. The van der Waals surface area contributed by atoms with Crippen LogP contribution in [-0.4, -0.2) is 29.0 Å². The molecule has 0 unspecified atom stereocenters. The number of nitrogens with two attached hydrogens (primary N) is 1. The Morgan fingerprint density at radius 3 is 2.42 bits per heavy atom. The number of aromatic nitrogens is 3. The lowest BCUT2D eigenvalue weighted by Crippen LogP contribution is -2.16. The lowest BCUT2D eigenvalue weighted by molar-refractivity contribution is 0.295. The van der Waals surface area contributed by atoms with E-state index in [9.17, 15) is 0 Å². The fourth-order valence-electron chi connectivity index (χ4n) is 1.47. The number of rotatable bonds is 4. The molecule has 6 nitrogen and oxygen atoms in total. The van der Waals surface area contributed by atoms with Crippen molar-refractivity contribution in [1.82, 2.24) is 15.0 Å². The third-order valence-electron chi connectivity index (χ3n) is 2.48. The van der Waals surface area contributed by atoms with Gasteiger partial charge in [0.1, 0.15) is 12.4 Å². The highest BCUT2D eigenvalue weighted by Gasteiger charge is 2.06. The Morgan fingerprint density at radius 2 is 1.79 bits per heavy atom. The molecule has 0 aliphatic heterocycles. The number of nitrogen functional groups attached to an aromatic ring is 1. The van der Waals surface area contributed by atoms with Crippen LogP contribution in [0.15, 0.2) is 24.3 Å². The van der Waals surface area contributed by atoms with Crippen molar-refractivity contribution < 1.29 is 4.74 Å². The number of hydrogen-bond donors (Lipinski definition) is 1. The standard InChI is InChI=1S/C13H17N5O/c1-9-4-6-10(7-5-9)19-8-11-15-12(14)17-13(16-11)18(2)3/h4-7H,8H2,1-3H3,(H2,14,15,16,17). The number of benzene rings is 1. The van der Waals surface area contributed by atoms with Crippen LogP contribution in [0.4, 0.5) is 11.9 Å². The van der Waals surface area contributed by atoms with E-state index in [4.69, 9.17) is 10.5 Å². The van der Waals surface area contributed by atoms with Gasteiger partial charge in [-0.05, 0) is 19.1 Å². The average molecular weight is 259 g/mol. The highest BCUT2D eigenvalue weighted by Crippen LogP contribution is 2.13. The zero-order valence-electron chi connectivity index (χ0n) is 11.3. The van der Waals surface area contributed by atoms with Gasteiger partial charge in [0, 0.05) is 14.1 Å². The molecule has 2 aromatic rings. The highest BCUT2D eigenvalue weighted by molar-refractivity contribution is 5.32. The fraction of sp³-hybridized carbons (Fsp3) is 0.308. The third kappa shape index (κ3) is 3.54. The van der Waals surface area contributed by atoms with Gasteiger partial charge in [0.05, 0.1) is 0 Å². The summed E-state index contributed by atoms with van der Waals surface area (Å²) in [6.07, 6.45) is 0. The van der Waals surface area contributed by atoms with Gasteiger partial charge in [0.2, 0.25) is 11.9 Å². The van der Waals surface area contributed by atoms with Gasteiger partial charge >= 0.3 is 0 Å². The summed E-state index contributed by atoms with van der Waals surface area (Å²) in [5, 5.41) is 0. The van der Waals surface area contributed by atoms with E-state index >= 15 is 0 Å². The summed E-state index contributed by atoms with van der Waals surface area (Å²) in [6, 6.07) is 7.80. The van der Waals surface area contributed by atoms with Gasteiger partial charge < -0.3 is 15.4 Å². The normalized spacial score (nSPS) is 10.3. The topological polar surface area (TPSA) is 77.2 Å². The third-order valence-corrected chi connectivity index (χ3v) is 2.48. The fourth-order valence-corrected chi connectivity index (χ4v) is 1.47. The maximum atomic E-state index is 5.64. The Kier molecular flexibility index (Phi) is 3.79. The molecule has 0 radical (unpaired) electrons. The molecular formula is C13H17N5O. The van der Waals surface area contributed by atoms with Crippen molar-refractivity contribution in [1.29, 1.82) is 0 Å². The highest BCUT2D eigenvalue weighted by atomic mass is 16.5. The second kappa shape index (κ2) is 5.51. The number of nitrogens with zero attached hydrogens (tertiary/aromatic N) is 4. The first-order valence-electron chi connectivity index (χ1n) is 5.92. The molecule has 0 saturated heterocycles.